The lowest BCUT2D eigenvalue weighted by Crippen LogP contribution is -2.20. The number of hydrogen-bond acceptors (Lipinski definition) is 4. The molecular weight excluding hydrogens is 459 g/mol. The number of rotatable bonds is 7. The van der Waals surface area contributed by atoms with E-state index in [1.54, 1.807) is 18.2 Å². The van der Waals surface area contributed by atoms with E-state index in [9.17, 15) is 14.0 Å². The second-order valence-corrected chi connectivity index (χ2v) is 7.78. The lowest BCUT2D eigenvalue weighted by atomic mass is 10.1. The monoisotopic (exact) mass is 478 g/mol. The number of anilines is 2. The van der Waals surface area contributed by atoms with E-state index in [4.69, 9.17) is 21.1 Å². The molecular formula is C26H20ClFN2O4. The fourth-order valence-corrected chi connectivity index (χ4v) is 3.51. The lowest BCUT2D eigenvalue weighted by Gasteiger charge is -2.13. The number of carbonyl (C=O) groups excluding carboxylic acids is 2. The van der Waals surface area contributed by atoms with Crippen molar-refractivity contribution in [2.75, 3.05) is 24.4 Å². The summed E-state index contributed by atoms with van der Waals surface area (Å²) < 4.78 is 25.0. The van der Waals surface area contributed by atoms with Gasteiger partial charge in [-0.15, -0.1) is 0 Å². The Labute approximate surface area is 200 Å². The second kappa shape index (κ2) is 10.2. The Hall–Kier alpha value is -4.10. The van der Waals surface area contributed by atoms with Gasteiger partial charge in [-0.3, -0.25) is 9.59 Å². The van der Waals surface area contributed by atoms with Gasteiger partial charge >= 0.3 is 0 Å². The Kier molecular flexibility index (Phi) is 6.94. The maximum absolute atomic E-state index is 14.1. The molecule has 0 atom stereocenters. The van der Waals surface area contributed by atoms with Crippen molar-refractivity contribution < 1.29 is 23.5 Å². The molecule has 0 spiro atoms. The van der Waals surface area contributed by atoms with E-state index in [0.29, 0.717) is 17.2 Å². The molecule has 4 aromatic rings. The average Bonchev–Trinajstić information content (AvgIpc) is 2.82. The number of carbonyl (C=O) groups is 2. The molecule has 2 N–H and O–H groups in total. The number of nitrogens with one attached hydrogen (secondary N) is 2. The topological polar surface area (TPSA) is 76.7 Å². The van der Waals surface area contributed by atoms with Crippen LogP contribution >= 0.6 is 11.6 Å². The summed E-state index contributed by atoms with van der Waals surface area (Å²) in [6.07, 6.45) is 0. The van der Waals surface area contributed by atoms with Gasteiger partial charge < -0.3 is 20.1 Å². The summed E-state index contributed by atoms with van der Waals surface area (Å²) in [5.74, 6) is -0.913. The van der Waals surface area contributed by atoms with Gasteiger partial charge in [0.1, 0.15) is 17.3 Å². The van der Waals surface area contributed by atoms with Crippen LogP contribution in [0.5, 0.6) is 11.5 Å². The number of benzene rings is 4. The van der Waals surface area contributed by atoms with Gasteiger partial charge in [0.25, 0.3) is 11.8 Å². The zero-order valence-corrected chi connectivity index (χ0v) is 18.9. The zero-order chi connectivity index (χ0) is 24.1. The Morgan fingerprint density at radius 2 is 1.71 bits per heavy atom. The smallest absolute Gasteiger partial charge is 0.262 e. The van der Waals surface area contributed by atoms with Crippen molar-refractivity contribution in [3.63, 3.8) is 0 Å². The number of amides is 2. The molecule has 0 unspecified atom stereocenters. The zero-order valence-electron chi connectivity index (χ0n) is 18.1. The molecule has 0 aliphatic carbocycles. The van der Waals surface area contributed by atoms with E-state index in [1.807, 2.05) is 36.4 Å². The van der Waals surface area contributed by atoms with Crippen molar-refractivity contribution in [1.82, 2.24) is 0 Å². The molecule has 8 heteroatoms. The van der Waals surface area contributed by atoms with Crippen LogP contribution in [0.1, 0.15) is 10.4 Å². The molecule has 0 aromatic heterocycles. The number of ether oxygens (including phenoxy) is 2. The van der Waals surface area contributed by atoms with Crippen molar-refractivity contribution in [3.8, 4) is 11.5 Å². The van der Waals surface area contributed by atoms with Crippen LogP contribution in [-0.2, 0) is 4.79 Å². The quantitative estimate of drug-likeness (QED) is 0.346. The summed E-state index contributed by atoms with van der Waals surface area (Å²) >= 11 is 5.75. The summed E-state index contributed by atoms with van der Waals surface area (Å²) in [6.45, 7) is -0.206. The van der Waals surface area contributed by atoms with Gasteiger partial charge in [0.2, 0.25) is 0 Å². The standard InChI is InChI=1S/C26H20ClFN2O4/c1-33-24-11-8-19(14-23(24)30-26(32)21-10-7-18(27)13-22(21)28)29-25(31)15-34-20-9-6-16-4-2-3-5-17(16)12-20/h2-14H,15H2,1H3,(H,29,31)(H,30,32). The van der Waals surface area contributed by atoms with Gasteiger partial charge in [-0.2, -0.15) is 0 Å². The van der Waals surface area contributed by atoms with Crippen LogP contribution in [0.4, 0.5) is 15.8 Å². The van der Waals surface area contributed by atoms with Gasteiger partial charge in [0, 0.05) is 10.7 Å². The highest BCUT2D eigenvalue weighted by atomic mass is 35.5. The molecule has 0 saturated carbocycles. The van der Waals surface area contributed by atoms with E-state index in [-0.39, 0.29) is 28.8 Å². The number of methoxy groups -OCH3 is 1. The van der Waals surface area contributed by atoms with E-state index >= 15 is 0 Å². The van der Waals surface area contributed by atoms with Crippen LogP contribution in [0.2, 0.25) is 5.02 Å². The summed E-state index contributed by atoms with van der Waals surface area (Å²) in [5, 5.41) is 7.57. The first kappa shape index (κ1) is 23.1. The van der Waals surface area contributed by atoms with Crippen molar-refractivity contribution >= 4 is 45.6 Å². The first-order valence-corrected chi connectivity index (χ1v) is 10.7. The summed E-state index contributed by atoms with van der Waals surface area (Å²) in [7, 11) is 1.43. The SMILES string of the molecule is COc1ccc(NC(=O)COc2ccc3ccccc3c2)cc1NC(=O)c1ccc(Cl)cc1F. The fraction of sp³-hybridized carbons (Fsp3) is 0.0769. The number of halogens is 2. The first-order valence-electron chi connectivity index (χ1n) is 10.3. The highest BCUT2D eigenvalue weighted by Crippen LogP contribution is 2.29. The lowest BCUT2D eigenvalue weighted by molar-refractivity contribution is -0.118. The van der Waals surface area contributed by atoms with Crippen LogP contribution in [0.25, 0.3) is 10.8 Å². The normalized spacial score (nSPS) is 10.6. The second-order valence-electron chi connectivity index (χ2n) is 7.34. The minimum atomic E-state index is -0.751. The molecule has 0 bridgehead atoms. The van der Waals surface area contributed by atoms with Crippen molar-refractivity contribution in [2.24, 2.45) is 0 Å². The van der Waals surface area contributed by atoms with Crippen LogP contribution in [0.3, 0.4) is 0 Å². The van der Waals surface area contributed by atoms with Crippen molar-refractivity contribution in [2.45, 2.75) is 0 Å². The van der Waals surface area contributed by atoms with E-state index < -0.39 is 11.7 Å². The fourth-order valence-electron chi connectivity index (χ4n) is 3.35. The van der Waals surface area contributed by atoms with Gasteiger partial charge in [-0.05, 0) is 59.3 Å². The molecule has 6 nitrogen and oxygen atoms in total. The first-order chi connectivity index (χ1) is 16.4. The Balaban J connectivity index is 1.43. The summed E-state index contributed by atoms with van der Waals surface area (Å²) in [5.41, 5.74) is 0.486. The third-order valence-corrected chi connectivity index (χ3v) is 5.23. The van der Waals surface area contributed by atoms with E-state index in [1.165, 1.54) is 25.3 Å². The molecule has 2 amide bonds. The van der Waals surface area contributed by atoms with E-state index in [2.05, 4.69) is 10.6 Å². The van der Waals surface area contributed by atoms with Gasteiger partial charge in [0.05, 0.1) is 18.4 Å². The molecule has 4 aromatic carbocycles. The molecule has 0 fully saturated rings. The Bertz CT molecular complexity index is 1380. The highest BCUT2D eigenvalue weighted by molar-refractivity contribution is 6.30. The average molecular weight is 479 g/mol. The Morgan fingerprint density at radius 1 is 0.912 bits per heavy atom. The van der Waals surface area contributed by atoms with Crippen molar-refractivity contribution in [1.29, 1.82) is 0 Å². The van der Waals surface area contributed by atoms with Gasteiger partial charge in [-0.1, -0.05) is 41.9 Å². The third kappa shape index (κ3) is 5.44. The molecule has 34 heavy (non-hydrogen) atoms. The van der Waals surface area contributed by atoms with Crippen LogP contribution in [0, 0.1) is 5.82 Å². The maximum Gasteiger partial charge on any atom is 0.262 e. The van der Waals surface area contributed by atoms with Crippen molar-refractivity contribution in [3.05, 3.63) is 95.3 Å². The highest BCUT2D eigenvalue weighted by Gasteiger charge is 2.15. The molecule has 0 heterocycles. The van der Waals surface area contributed by atoms with Gasteiger partial charge in [-0.25, -0.2) is 4.39 Å². The summed E-state index contributed by atoms with van der Waals surface area (Å²) in [6, 6.07) is 21.9. The predicted octanol–water partition coefficient (Wildman–Crippen LogP) is 5.91. The maximum atomic E-state index is 14.1. The summed E-state index contributed by atoms with van der Waals surface area (Å²) in [4.78, 5) is 25.0. The molecule has 0 radical (unpaired) electrons. The third-order valence-electron chi connectivity index (χ3n) is 5.00. The largest absolute Gasteiger partial charge is 0.495 e. The molecule has 0 aliphatic heterocycles. The molecule has 0 saturated heterocycles. The molecule has 172 valence electrons. The van der Waals surface area contributed by atoms with Crippen LogP contribution < -0.4 is 20.1 Å². The van der Waals surface area contributed by atoms with Gasteiger partial charge in [0.15, 0.2) is 6.61 Å². The minimum Gasteiger partial charge on any atom is -0.495 e. The van der Waals surface area contributed by atoms with Crippen LogP contribution in [-0.4, -0.2) is 25.5 Å². The molecule has 4 rings (SSSR count). The van der Waals surface area contributed by atoms with Crippen LogP contribution in [0.15, 0.2) is 78.9 Å². The molecule has 0 aliphatic rings. The Morgan fingerprint density at radius 3 is 2.47 bits per heavy atom. The minimum absolute atomic E-state index is 0.176. The van der Waals surface area contributed by atoms with E-state index in [0.717, 1.165) is 16.8 Å². The number of hydrogen-bond donors (Lipinski definition) is 2. The predicted molar refractivity (Wildman–Crippen MR) is 130 cm³/mol. The number of fused-ring (bicyclic) bond motifs is 1.